The summed E-state index contributed by atoms with van der Waals surface area (Å²) in [6.07, 6.45) is 1.89. The number of esters is 1. The van der Waals surface area contributed by atoms with Crippen molar-refractivity contribution in [3.63, 3.8) is 0 Å². The molecule has 0 aromatic heterocycles. The molecule has 1 atom stereocenters. The van der Waals surface area contributed by atoms with Gasteiger partial charge in [0.15, 0.2) is 0 Å². The zero-order chi connectivity index (χ0) is 14.8. The smallest absolute Gasteiger partial charge is 0.307 e. The predicted octanol–water partition coefficient (Wildman–Crippen LogP) is 1.41. The summed E-state index contributed by atoms with van der Waals surface area (Å²) >= 11 is 0. The molecule has 0 aliphatic heterocycles. The second kappa shape index (κ2) is 9.78. The Kier molecular flexibility index (Phi) is 9.21. The SMILES string of the molecule is COC(=O)CCN(CC(C)C)C(=O)C(C)CCCN. The number of hydrogen-bond acceptors (Lipinski definition) is 4. The highest BCUT2D eigenvalue weighted by atomic mass is 16.5. The number of hydrogen-bond donors (Lipinski definition) is 1. The number of amides is 1. The van der Waals surface area contributed by atoms with Gasteiger partial charge in [0.1, 0.15) is 0 Å². The van der Waals surface area contributed by atoms with Crippen molar-refractivity contribution >= 4 is 11.9 Å². The fraction of sp³-hybridized carbons (Fsp3) is 0.857. The van der Waals surface area contributed by atoms with E-state index in [1.54, 1.807) is 4.90 Å². The lowest BCUT2D eigenvalue weighted by molar-refractivity contribution is -0.142. The fourth-order valence-corrected chi connectivity index (χ4v) is 1.92. The largest absolute Gasteiger partial charge is 0.469 e. The summed E-state index contributed by atoms with van der Waals surface area (Å²) < 4.78 is 4.62. The van der Waals surface area contributed by atoms with Crippen LogP contribution in [-0.4, -0.2) is 43.5 Å². The molecule has 0 fully saturated rings. The van der Waals surface area contributed by atoms with Gasteiger partial charge in [-0.15, -0.1) is 0 Å². The molecule has 112 valence electrons. The van der Waals surface area contributed by atoms with Gasteiger partial charge in [-0.25, -0.2) is 0 Å². The molecule has 19 heavy (non-hydrogen) atoms. The molecule has 0 bridgehead atoms. The molecular weight excluding hydrogens is 244 g/mol. The van der Waals surface area contributed by atoms with Gasteiger partial charge in [0.25, 0.3) is 0 Å². The van der Waals surface area contributed by atoms with Gasteiger partial charge < -0.3 is 15.4 Å². The normalized spacial score (nSPS) is 12.3. The molecule has 5 heteroatoms. The van der Waals surface area contributed by atoms with Crippen LogP contribution < -0.4 is 5.73 Å². The van der Waals surface area contributed by atoms with Gasteiger partial charge in [-0.2, -0.15) is 0 Å². The highest BCUT2D eigenvalue weighted by Crippen LogP contribution is 2.12. The van der Waals surface area contributed by atoms with Crippen molar-refractivity contribution in [3.8, 4) is 0 Å². The summed E-state index contributed by atoms with van der Waals surface area (Å²) in [5.41, 5.74) is 5.46. The van der Waals surface area contributed by atoms with Gasteiger partial charge in [-0.3, -0.25) is 9.59 Å². The van der Waals surface area contributed by atoms with E-state index in [-0.39, 0.29) is 24.2 Å². The van der Waals surface area contributed by atoms with Crippen molar-refractivity contribution in [2.24, 2.45) is 17.6 Å². The van der Waals surface area contributed by atoms with E-state index >= 15 is 0 Å². The van der Waals surface area contributed by atoms with Gasteiger partial charge in [0.2, 0.25) is 5.91 Å². The number of ether oxygens (including phenoxy) is 1. The van der Waals surface area contributed by atoms with E-state index in [1.807, 2.05) is 6.92 Å². The molecule has 0 heterocycles. The second-order valence-corrected chi connectivity index (χ2v) is 5.34. The van der Waals surface area contributed by atoms with Crippen LogP contribution in [0.4, 0.5) is 0 Å². The monoisotopic (exact) mass is 272 g/mol. The van der Waals surface area contributed by atoms with Gasteiger partial charge >= 0.3 is 5.97 Å². The van der Waals surface area contributed by atoms with Crippen LogP contribution >= 0.6 is 0 Å². The highest BCUT2D eigenvalue weighted by Gasteiger charge is 2.21. The van der Waals surface area contributed by atoms with E-state index in [4.69, 9.17) is 5.73 Å². The maximum absolute atomic E-state index is 12.3. The molecule has 0 aromatic rings. The van der Waals surface area contributed by atoms with Crippen LogP contribution in [0.25, 0.3) is 0 Å². The van der Waals surface area contributed by atoms with Crippen LogP contribution in [0.3, 0.4) is 0 Å². The summed E-state index contributed by atoms with van der Waals surface area (Å²) in [7, 11) is 1.36. The number of carbonyl (C=O) groups is 2. The third-order valence-corrected chi connectivity index (χ3v) is 2.97. The first-order valence-corrected chi connectivity index (χ1v) is 6.98. The lowest BCUT2D eigenvalue weighted by Gasteiger charge is -2.27. The number of carbonyl (C=O) groups excluding carboxylic acids is 2. The summed E-state index contributed by atoms with van der Waals surface area (Å²) in [6.45, 7) is 7.73. The van der Waals surface area contributed by atoms with Crippen LogP contribution in [-0.2, 0) is 14.3 Å². The number of rotatable bonds is 9. The van der Waals surface area contributed by atoms with Crippen LogP contribution in [0.2, 0.25) is 0 Å². The molecule has 0 radical (unpaired) electrons. The van der Waals surface area contributed by atoms with Crippen LogP contribution in [0, 0.1) is 11.8 Å². The van der Waals surface area contributed by atoms with Crippen molar-refractivity contribution in [1.29, 1.82) is 0 Å². The van der Waals surface area contributed by atoms with Crippen molar-refractivity contribution in [2.75, 3.05) is 26.7 Å². The van der Waals surface area contributed by atoms with Crippen LogP contribution in [0.5, 0.6) is 0 Å². The van der Waals surface area contributed by atoms with E-state index in [9.17, 15) is 9.59 Å². The molecule has 0 saturated carbocycles. The Morgan fingerprint density at radius 3 is 2.37 bits per heavy atom. The van der Waals surface area contributed by atoms with E-state index in [1.165, 1.54) is 7.11 Å². The van der Waals surface area contributed by atoms with Crippen LogP contribution in [0.15, 0.2) is 0 Å². The summed E-state index contributed by atoms with van der Waals surface area (Å²) in [4.78, 5) is 25.3. The molecule has 5 nitrogen and oxygen atoms in total. The Balaban J connectivity index is 4.45. The average molecular weight is 272 g/mol. The average Bonchev–Trinajstić information content (AvgIpc) is 2.38. The number of nitrogens with two attached hydrogens (primary N) is 1. The molecule has 0 aliphatic carbocycles. The zero-order valence-corrected chi connectivity index (χ0v) is 12.6. The third-order valence-electron chi connectivity index (χ3n) is 2.97. The quantitative estimate of drug-likeness (QED) is 0.644. The molecule has 1 amide bonds. The Bertz CT molecular complexity index is 280. The first-order valence-electron chi connectivity index (χ1n) is 6.98. The molecule has 0 saturated heterocycles. The Labute approximate surface area is 116 Å². The van der Waals surface area contributed by atoms with Gasteiger partial charge in [0.05, 0.1) is 13.5 Å². The molecule has 0 aromatic carbocycles. The van der Waals surface area contributed by atoms with Crippen molar-refractivity contribution in [2.45, 2.75) is 40.0 Å². The van der Waals surface area contributed by atoms with E-state index in [2.05, 4.69) is 18.6 Å². The molecule has 2 N–H and O–H groups in total. The summed E-state index contributed by atoms with van der Waals surface area (Å²) in [5.74, 6) is 0.158. The lowest BCUT2D eigenvalue weighted by Crippen LogP contribution is -2.39. The topological polar surface area (TPSA) is 72.6 Å². The fourth-order valence-electron chi connectivity index (χ4n) is 1.92. The van der Waals surface area contributed by atoms with Gasteiger partial charge in [-0.1, -0.05) is 20.8 Å². The summed E-state index contributed by atoms with van der Waals surface area (Å²) in [6, 6.07) is 0. The number of methoxy groups -OCH3 is 1. The molecular formula is C14H28N2O3. The molecule has 0 rings (SSSR count). The first-order chi connectivity index (χ1) is 8.92. The number of nitrogens with zero attached hydrogens (tertiary/aromatic N) is 1. The Morgan fingerprint density at radius 2 is 1.89 bits per heavy atom. The van der Waals surface area contributed by atoms with Gasteiger partial charge in [-0.05, 0) is 25.3 Å². The second-order valence-electron chi connectivity index (χ2n) is 5.34. The van der Waals surface area contributed by atoms with Gasteiger partial charge in [0, 0.05) is 19.0 Å². The molecule has 0 spiro atoms. The lowest BCUT2D eigenvalue weighted by atomic mass is 10.0. The minimum atomic E-state index is -0.281. The Hall–Kier alpha value is -1.10. The predicted molar refractivity (Wildman–Crippen MR) is 75.5 cm³/mol. The minimum Gasteiger partial charge on any atom is -0.469 e. The highest BCUT2D eigenvalue weighted by molar-refractivity contribution is 5.79. The van der Waals surface area contributed by atoms with E-state index < -0.39 is 0 Å². The maximum atomic E-state index is 12.3. The minimum absolute atomic E-state index is 0.0417. The Morgan fingerprint density at radius 1 is 1.26 bits per heavy atom. The van der Waals surface area contributed by atoms with Crippen molar-refractivity contribution < 1.29 is 14.3 Å². The zero-order valence-electron chi connectivity index (χ0n) is 12.6. The first kappa shape index (κ1) is 17.9. The molecule has 0 aliphatic rings. The molecule has 1 unspecified atom stereocenters. The standard InChI is InChI=1S/C14H28N2O3/c1-11(2)10-16(9-7-13(17)19-4)14(18)12(3)6-5-8-15/h11-12H,5-10,15H2,1-4H3. The van der Waals surface area contributed by atoms with E-state index in [0.29, 0.717) is 25.6 Å². The van der Waals surface area contributed by atoms with E-state index in [0.717, 1.165) is 12.8 Å². The summed E-state index contributed by atoms with van der Waals surface area (Å²) in [5, 5.41) is 0. The maximum Gasteiger partial charge on any atom is 0.307 e. The van der Waals surface area contributed by atoms with Crippen molar-refractivity contribution in [1.82, 2.24) is 4.90 Å². The van der Waals surface area contributed by atoms with Crippen molar-refractivity contribution in [3.05, 3.63) is 0 Å². The third kappa shape index (κ3) is 7.82. The van der Waals surface area contributed by atoms with Crippen LogP contribution in [0.1, 0.15) is 40.0 Å².